The van der Waals surface area contributed by atoms with Crippen LogP contribution in [0.4, 0.5) is 0 Å². The molecule has 0 radical (unpaired) electrons. The van der Waals surface area contributed by atoms with Crippen LogP contribution in [0.2, 0.25) is 0 Å². The molecule has 30 heavy (non-hydrogen) atoms. The normalized spacial score (nSPS) is 18.1. The van der Waals surface area contributed by atoms with Crippen LogP contribution in [-0.4, -0.2) is 76.8 Å². The van der Waals surface area contributed by atoms with Gasteiger partial charge in [0.1, 0.15) is 18.7 Å². The van der Waals surface area contributed by atoms with Crippen LogP contribution in [0, 0.1) is 0 Å². The lowest BCUT2D eigenvalue weighted by Gasteiger charge is -2.40. The standard InChI is InChI=1S/C21H34N8.HI/c1-4-22-21(24-15-20-25-17-26-28(20)3)23-11-8-12-29-14-13-27(2)16-19(29)18-9-6-5-7-10-18;/h5-7,9-10,17,19H,4,8,11-16H2,1-3H3,(H2,22,23,24);1H. The van der Waals surface area contributed by atoms with Crippen LogP contribution in [0.3, 0.4) is 0 Å². The first-order chi connectivity index (χ1) is 14.2. The monoisotopic (exact) mass is 526 g/mol. The number of aromatic nitrogens is 3. The van der Waals surface area contributed by atoms with Gasteiger partial charge in [-0.15, -0.1) is 24.0 Å². The van der Waals surface area contributed by atoms with E-state index in [9.17, 15) is 0 Å². The Labute approximate surface area is 197 Å². The average Bonchev–Trinajstić information content (AvgIpc) is 3.15. The predicted molar refractivity (Wildman–Crippen MR) is 132 cm³/mol. The minimum atomic E-state index is 0. The Bertz CT molecular complexity index is 763. The molecule has 0 amide bonds. The number of halogens is 1. The number of piperazine rings is 1. The summed E-state index contributed by atoms with van der Waals surface area (Å²) in [5, 5.41) is 10.8. The zero-order chi connectivity index (χ0) is 20.5. The zero-order valence-corrected chi connectivity index (χ0v) is 20.6. The summed E-state index contributed by atoms with van der Waals surface area (Å²) in [6, 6.07) is 11.3. The van der Waals surface area contributed by atoms with Gasteiger partial charge in [0.2, 0.25) is 0 Å². The van der Waals surface area contributed by atoms with Gasteiger partial charge in [-0.05, 0) is 26.0 Å². The number of aryl methyl sites for hydroxylation is 1. The van der Waals surface area contributed by atoms with Gasteiger partial charge in [-0.25, -0.2) is 9.98 Å². The van der Waals surface area contributed by atoms with Crippen molar-refractivity contribution in [2.45, 2.75) is 25.9 Å². The average molecular weight is 526 g/mol. The van der Waals surface area contributed by atoms with Gasteiger partial charge < -0.3 is 15.5 Å². The van der Waals surface area contributed by atoms with Crippen LogP contribution in [0.15, 0.2) is 41.7 Å². The van der Waals surface area contributed by atoms with Gasteiger partial charge in [0.25, 0.3) is 0 Å². The number of nitrogens with zero attached hydrogens (tertiary/aromatic N) is 6. The van der Waals surface area contributed by atoms with Crippen LogP contribution < -0.4 is 10.6 Å². The third kappa shape index (κ3) is 7.21. The van der Waals surface area contributed by atoms with E-state index in [0.29, 0.717) is 12.6 Å². The number of aliphatic imine (C=N–C) groups is 1. The number of hydrogen-bond acceptors (Lipinski definition) is 5. The molecule has 1 fully saturated rings. The van der Waals surface area contributed by atoms with Gasteiger partial charge in [-0.3, -0.25) is 9.58 Å². The summed E-state index contributed by atoms with van der Waals surface area (Å²) in [5.41, 5.74) is 1.41. The van der Waals surface area contributed by atoms with Gasteiger partial charge in [0.15, 0.2) is 5.96 Å². The lowest BCUT2D eigenvalue weighted by atomic mass is 10.0. The van der Waals surface area contributed by atoms with E-state index in [4.69, 9.17) is 0 Å². The molecule has 1 aliphatic rings. The highest BCUT2D eigenvalue weighted by Crippen LogP contribution is 2.24. The Balaban J connectivity index is 0.00000320. The van der Waals surface area contributed by atoms with E-state index >= 15 is 0 Å². The van der Waals surface area contributed by atoms with Gasteiger partial charge in [0, 0.05) is 52.4 Å². The topological polar surface area (TPSA) is 73.6 Å². The summed E-state index contributed by atoms with van der Waals surface area (Å²) in [4.78, 5) is 13.9. The van der Waals surface area contributed by atoms with Crippen LogP contribution in [0.5, 0.6) is 0 Å². The first-order valence-electron chi connectivity index (χ1n) is 10.5. The lowest BCUT2D eigenvalue weighted by molar-refractivity contribution is 0.0891. The molecule has 0 bridgehead atoms. The molecule has 1 aromatic heterocycles. The maximum absolute atomic E-state index is 4.62. The van der Waals surface area contributed by atoms with Gasteiger partial charge in [-0.2, -0.15) is 5.10 Å². The van der Waals surface area contributed by atoms with Gasteiger partial charge >= 0.3 is 0 Å². The maximum Gasteiger partial charge on any atom is 0.191 e. The fourth-order valence-corrected chi connectivity index (χ4v) is 3.66. The minimum Gasteiger partial charge on any atom is -0.357 e. The highest BCUT2D eigenvalue weighted by Gasteiger charge is 2.25. The molecule has 1 aliphatic heterocycles. The Morgan fingerprint density at radius 2 is 1.97 bits per heavy atom. The number of nitrogens with one attached hydrogen (secondary N) is 2. The summed E-state index contributed by atoms with van der Waals surface area (Å²) in [7, 11) is 4.10. The van der Waals surface area contributed by atoms with Crippen molar-refractivity contribution in [1.29, 1.82) is 0 Å². The molecular weight excluding hydrogens is 491 g/mol. The van der Waals surface area contributed by atoms with E-state index < -0.39 is 0 Å². The summed E-state index contributed by atoms with van der Waals surface area (Å²) in [6.07, 6.45) is 2.63. The van der Waals surface area contributed by atoms with Crippen molar-refractivity contribution in [1.82, 2.24) is 35.2 Å². The molecule has 9 heteroatoms. The van der Waals surface area contributed by atoms with E-state index in [1.807, 2.05) is 7.05 Å². The largest absolute Gasteiger partial charge is 0.357 e. The molecule has 1 unspecified atom stereocenters. The maximum atomic E-state index is 4.62. The molecule has 3 rings (SSSR count). The second-order valence-electron chi connectivity index (χ2n) is 7.50. The molecule has 0 saturated carbocycles. The summed E-state index contributed by atoms with van der Waals surface area (Å²) < 4.78 is 1.75. The fraction of sp³-hybridized carbons (Fsp3) is 0.571. The molecule has 8 nitrogen and oxygen atoms in total. The number of likely N-dealkylation sites (N-methyl/N-ethyl adjacent to an activating group) is 1. The minimum absolute atomic E-state index is 0. The first-order valence-corrected chi connectivity index (χ1v) is 10.5. The van der Waals surface area contributed by atoms with Crippen molar-refractivity contribution >= 4 is 29.9 Å². The van der Waals surface area contributed by atoms with Crippen LogP contribution in [0.25, 0.3) is 0 Å². The lowest BCUT2D eigenvalue weighted by Crippen LogP contribution is -2.47. The highest BCUT2D eigenvalue weighted by molar-refractivity contribution is 14.0. The summed E-state index contributed by atoms with van der Waals surface area (Å²) >= 11 is 0. The van der Waals surface area contributed by atoms with Crippen molar-refractivity contribution in [3.05, 3.63) is 48.0 Å². The molecular formula is C21H35IN8. The molecule has 0 spiro atoms. The second-order valence-corrected chi connectivity index (χ2v) is 7.50. The van der Waals surface area contributed by atoms with E-state index in [1.165, 1.54) is 5.56 Å². The van der Waals surface area contributed by atoms with E-state index in [1.54, 1.807) is 11.0 Å². The number of rotatable bonds is 8. The van der Waals surface area contributed by atoms with E-state index in [2.05, 4.69) is 79.8 Å². The first kappa shape index (κ1) is 24.5. The van der Waals surface area contributed by atoms with Crippen molar-refractivity contribution in [3.63, 3.8) is 0 Å². The van der Waals surface area contributed by atoms with Crippen molar-refractivity contribution in [3.8, 4) is 0 Å². The van der Waals surface area contributed by atoms with Crippen LogP contribution in [0.1, 0.15) is 30.8 Å². The molecule has 2 aromatic rings. The van der Waals surface area contributed by atoms with Gasteiger partial charge in [-0.1, -0.05) is 30.3 Å². The smallest absolute Gasteiger partial charge is 0.191 e. The highest BCUT2D eigenvalue weighted by atomic mass is 127. The van der Waals surface area contributed by atoms with Crippen LogP contribution >= 0.6 is 24.0 Å². The number of guanidine groups is 1. The van der Waals surface area contributed by atoms with Crippen molar-refractivity contribution < 1.29 is 0 Å². The predicted octanol–water partition coefficient (Wildman–Crippen LogP) is 1.87. The molecule has 1 aromatic carbocycles. The van der Waals surface area contributed by atoms with E-state index in [-0.39, 0.29) is 24.0 Å². The summed E-state index contributed by atoms with van der Waals surface area (Å²) in [5.74, 6) is 1.68. The third-order valence-corrected chi connectivity index (χ3v) is 5.32. The summed E-state index contributed by atoms with van der Waals surface area (Å²) in [6.45, 7) is 8.70. The van der Waals surface area contributed by atoms with Crippen molar-refractivity contribution in [2.75, 3.05) is 46.3 Å². The second kappa shape index (κ2) is 12.9. The molecule has 0 aliphatic carbocycles. The molecule has 166 valence electrons. The Morgan fingerprint density at radius 1 is 1.17 bits per heavy atom. The Hall–Kier alpha value is -1.72. The molecule has 1 atom stereocenters. The van der Waals surface area contributed by atoms with Crippen LogP contribution in [-0.2, 0) is 13.6 Å². The number of hydrogen-bond donors (Lipinski definition) is 2. The molecule has 2 heterocycles. The zero-order valence-electron chi connectivity index (χ0n) is 18.3. The van der Waals surface area contributed by atoms with Crippen molar-refractivity contribution in [2.24, 2.45) is 12.0 Å². The Morgan fingerprint density at radius 3 is 2.67 bits per heavy atom. The fourth-order valence-electron chi connectivity index (χ4n) is 3.66. The quantitative estimate of drug-likeness (QED) is 0.237. The Kier molecular flexibility index (Phi) is 10.5. The van der Waals surface area contributed by atoms with Gasteiger partial charge in [0.05, 0.1) is 0 Å². The van der Waals surface area contributed by atoms with E-state index in [0.717, 1.165) is 57.5 Å². The molecule has 2 N–H and O–H groups in total. The SMILES string of the molecule is CCNC(=NCc1ncnn1C)NCCCN1CCN(C)CC1c1ccccc1.I. The third-order valence-electron chi connectivity index (χ3n) is 5.32. The number of benzene rings is 1. The molecule has 1 saturated heterocycles.